The third-order valence-electron chi connectivity index (χ3n) is 3.12. The van der Waals surface area contributed by atoms with Crippen LogP contribution in [0, 0.1) is 0 Å². The molecule has 2 heterocycles. The van der Waals surface area contributed by atoms with Crippen molar-refractivity contribution in [2.45, 2.75) is 24.6 Å². The fraction of sp³-hybridized carbons (Fsp3) is 1.00. The first-order valence-corrected chi connectivity index (χ1v) is 7.04. The smallest absolute Gasteiger partial charge is 0.0620 e. The second-order valence-corrected chi connectivity index (χ2v) is 6.04. The van der Waals surface area contributed by atoms with Gasteiger partial charge >= 0.3 is 0 Å². The van der Waals surface area contributed by atoms with E-state index in [0.29, 0.717) is 6.04 Å². The lowest BCUT2D eigenvalue weighted by Gasteiger charge is -2.32. The van der Waals surface area contributed by atoms with Crippen molar-refractivity contribution in [3.05, 3.63) is 0 Å². The largest absolute Gasteiger partial charge is 0.379 e. The van der Waals surface area contributed by atoms with Crippen molar-refractivity contribution in [3.63, 3.8) is 0 Å². The molecule has 4 heteroatoms. The van der Waals surface area contributed by atoms with Gasteiger partial charge < -0.3 is 15.0 Å². The molecular weight excluding hydrogens is 208 g/mol. The molecule has 2 saturated heterocycles. The average Bonchev–Trinajstić information content (AvgIpc) is 2.28. The zero-order valence-electron chi connectivity index (χ0n) is 9.58. The first-order valence-electron chi connectivity index (χ1n) is 5.99. The van der Waals surface area contributed by atoms with E-state index < -0.39 is 0 Å². The molecule has 0 spiro atoms. The van der Waals surface area contributed by atoms with Crippen molar-refractivity contribution >= 4 is 11.8 Å². The van der Waals surface area contributed by atoms with Crippen molar-refractivity contribution in [1.29, 1.82) is 0 Å². The third-order valence-corrected chi connectivity index (χ3v) is 4.25. The highest BCUT2D eigenvalue weighted by molar-refractivity contribution is 7.99. The van der Waals surface area contributed by atoms with Gasteiger partial charge in [0.05, 0.1) is 13.2 Å². The summed E-state index contributed by atoms with van der Waals surface area (Å²) in [5, 5.41) is 4.33. The molecule has 0 aliphatic carbocycles. The van der Waals surface area contributed by atoms with Crippen LogP contribution in [-0.4, -0.2) is 61.3 Å². The summed E-state index contributed by atoms with van der Waals surface area (Å²) in [4.78, 5) is 2.59. The lowest BCUT2D eigenvalue weighted by atomic mass is 10.2. The predicted molar refractivity (Wildman–Crippen MR) is 65.6 cm³/mol. The minimum Gasteiger partial charge on any atom is -0.379 e. The van der Waals surface area contributed by atoms with Gasteiger partial charge in [0, 0.05) is 36.7 Å². The SMILES string of the molecule is CC1CN(CCC2COCCN2)CCS1. The first kappa shape index (κ1) is 11.7. The minimum absolute atomic E-state index is 0.587. The first-order chi connectivity index (χ1) is 7.34. The summed E-state index contributed by atoms with van der Waals surface area (Å²) in [6.45, 7) is 8.90. The molecule has 88 valence electrons. The third kappa shape index (κ3) is 3.94. The van der Waals surface area contributed by atoms with E-state index in [1.54, 1.807) is 0 Å². The second kappa shape index (κ2) is 6.09. The molecule has 2 fully saturated rings. The minimum atomic E-state index is 0.587. The van der Waals surface area contributed by atoms with E-state index in [4.69, 9.17) is 4.74 Å². The van der Waals surface area contributed by atoms with Crippen LogP contribution < -0.4 is 5.32 Å². The molecule has 2 aliphatic rings. The van der Waals surface area contributed by atoms with E-state index in [0.717, 1.165) is 25.0 Å². The normalized spacial score (nSPS) is 34.2. The van der Waals surface area contributed by atoms with Crippen LogP contribution in [0.3, 0.4) is 0 Å². The fourth-order valence-corrected chi connectivity index (χ4v) is 3.32. The summed E-state index contributed by atoms with van der Waals surface area (Å²) < 4.78 is 5.46. The van der Waals surface area contributed by atoms with Gasteiger partial charge in [-0.3, -0.25) is 0 Å². The Balaban J connectivity index is 1.63. The van der Waals surface area contributed by atoms with Gasteiger partial charge in [-0.15, -0.1) is 0 Å². The van der Waals surface area contributed by atoms with Gasteiger partial charge in [0.2, 0.25) is 0 Å². The second-order valence-electron chi connectivity index (χ2n) is 4.50. The summed E-state index contributed by atoms with van der Waals surface area (Å²) in [5.74, 6) is 1.30. The molecule has 2 aliphatic heterocycles. The Kier molecular flexibility index (Phi) is 4.75. The monoisotopic (exact) mass is 230 g/mol. The summed E-state index contributed by atoms with van der Waals surface area (Å²) in [6.07, 6.45) is 1.23. The van der Waals surface area contributed by atoms with Crippen LogP contribution in [0.4, 0.5) is 0 Å². The van der Waals surface area contributed by atoms with Gasteiger partial charge in [0.25, 0.3) is 0 Å². The maximum atomic E-state index is 5.46. The van der Waals surface area contributed by atoms with Gasteiger partial charge in [-0.05, 0) is 13.0 Å². The van der Waals surface area contributed by atoms with Crippen LogP contribution in [0.1, 0.15) is 13.3 Å². The molecule has 0 aromatic heterocycles. The van der Waals surface area contributed by atoms with Crippen molar-refractivity contribution in [2.75, 3.05) is 45.1 Å². The molecule has 0 saturated carbocycles. The molecule has 2 atom stereocenters. The predicted octanol–water partition coefficient (Wildman–Crippen LogP) is 0.802. The summed E-state index contributed by atoms with van der Waals surface area (Å²) in [5.41, 5.74) is 0. The Bertz CT molecular complexity index is 185. The van der Waals surface area contributed by atoms with E-state index in [9.17, 15) is 0 Å². The molecule has 0 amide bonds. The van der Waals surface area contributed by atoms with Crippen LogP contribution in [0.2, 0.25) is 0 Å². The number of hydrogen-bond acceptors (Lipinski definition) is 4. The molecule has 0 bridgehead atoms. The van der Waals surface area contributed by atoms with Gasteiger partial charge in [-0.2, -0.15) is 11.8 Å². The summed E-state index contributed by atoms with van der Waals surface area (Å²) in [7, 11) is 0. The van der Waals surface area contributed by atoms with E-state index >= 15 is 0 Å². The van der Waals surface area contributed by atoms with Crippen LogP contribution in [0.5, 0.6) is 0 Å². The van der Waals surface area contributed by atoms with Crippen molar-refractivity contribution in [1.82, 2.24) is 10.2 Å². The summed E-state index contributed by atoms with van der Waals surface area (Å²) in [6, 6.07) is 0.587. The molecule has 1 N–H and O–H groups in total. The van der Waals surface area contributed by atoms with Crippen LogP contribution in [-0.2, 0) is 4.74 Å². The number of nitrogens with one attached hydrogen (secondary N) is 1. The fourth-order valence-electron chi connectivity index (χ4n) is 2.24. The van der Waals surface area contributed by atoms with E-state index in [1.165, 1.54) is 31.8 Å². The highest BCUT2D eigenvalue weighted by Crippen LogP contribution is 2.17. The highest BCUT2D eigenvalue weighted by Gasteiger charge is 2.18. The average molecular weight is 230 g/mol. The number of thioether (sulfide) groups is 1. The van der Waals surface area contributed by atoms with Crippen molar-refractivity contribution in [2.24, 2.45) is 0 Å². The number of ether oxygens (including phenoxy) is 1. The molecule has 2 unspecified atom stereocenters. The van der Waals surface area contributed by atoms with Crippen LogP contribution >= 0.6 is 11.8 Å². The highest BCUT2D eigenvalue weighted by atomic mass is 32.2. The summed E-state index contributed by atoms with van der Waals surface area (Å²) >= 11 is 2.10. The number of nitrogens with zero attached hydrogens (tertiary/aromatic N) is 1. The molecule has 2 rings (SSSR count). The molecular formula is C11H22N2OS. The quantitative estimate of drug-likeness (QED) is 0.775. The van der Waals surface area contributed by atoms with Gasteiger partial charge in [0.1, 0.15) is 0 Å². The topological polar surface area (TPSA) is 24.5 Å². The maximum absolute atomic E-state index is 5.46. The Morgan fingerprint density at radius 2 is 2.47 bits per heavy atom. The number of hydrogen-bond donors (Lipinski definition) is 1. The molecule has 0 aromatic carbocycles. The Morgan fingerprint density at radius 1 is 1.53 bits per heavy atom. The Hall–Kier alpha value is 0.230. The van der Waals surface area contributed by atoms with Gasteiger partial charge in [-0.25, -0.2) is 0 Å². The molecule has 15 heavy (non-hydrogen) atoms. The number of rotatable bonds is 3. The Morgan fingerprint density at radius 3 is 3.20 bits per heavy atom. The number of morpholine rings is 1. The van der Waals surface area contributed by atoms with Crippen LogP contribution in [0.15, 0.2) is 0 Å². The molecule has 0 radical (unpaired) electrons. The standard InChI is InChI=1S/C11H22N2OS/c1-10-8-13(5-7-15-10)4-2-11-9-14-6-3-12-11/h10-12H,2-9H2,1H3. The zero-order valence-corrected chi connectivity index (χ0v) is 10.4. The van der Waals surface area contributed by atoms with Gasteiger partial charge in [0.15, 0.2) is 0 Å². The zero-order chi connectivity index (χ0) is 10.5. The van der Waals surface area contributed by atoms with Crippen molar-refractivity contribution in [3.8, 4) is 0 Å². The Labute approximate surface area is 96.9 Å². The van der Waals surface area contributed by atoms with E-state index in [1.807, 2.05) is 0 Å². The van der Waals surface area contributed by atoms with Crippen LogP contribution in [0.25, 0.3) is 0 Å². The molecule has 3 nitrogen and oxygen atoms in total. The lowest BCUT2D eigenvalue weighted by Crippen LogP contribution is -2.45. The van der Waals surface area contributed by atoms with E-state index in [-0.39, 0.29) is 0 Å². The van der Waals surface area contributed by atoms with Crippen molar-refractivity contribution < 1.29 is 4.74 Å². The van der Waals surface area contributed by atoms with Gasteiger partial charge in [-0.1, -0.05) is 6.92 Å². The maximum Gasteiger partial charge on any atom is 0.0620 e. The van der Waals surface area contributed by atoms with E-state index in [2.05, 4.69) is 28.9 Å². The molecule has 0 aromatic rings. The lowest BCUT2D eigenvalue weighted by molar-refractivity contribution is 0.0701.